The fourth-order valence-corrected chi connectivity index (χ4v) is 0.453. The van der Waals surface area contributed by atoms with Crippen molar-refractivity contribution in [3.63, 3.8) is 0 Å². The number of rotatable bonds is 3. The van der Waals surface area contributed by atoms with Crippen LogP contribution in [0.5, 0.6) is 0 Å². The first-order valence-electron chi connectivity index (χ1n) is 2.75. The van der Waals surface area contributed by atoms with Crippen LogP contribution in [0.15, 0.2) is 12.3 Å². The van der Waals surface area contributed by atoms with Crippen molar-refractivity contribution in [1.29, 1.82) is 0 Å². The maximum absolute atomic E-state index is 9.80. The van der Waals surface area contributed by atoms with Crippen molar-refractivity contribution in [3.05, 3.63) is 12.3 Å². The van der Waals surface area contributed by atoms with E-state index in [0.717, 1.165) is 6.42 Å². The van der Waals surface area contributed by atoms with Gasteiger partial charge in [0.25, 0.3) is 0 Å². The van der Waals surface area contributed by atoms with Crippen LogP contribution in [-0.4, -0.2) is 11.3 Å². The Balaban J connectivity index is 3.39. The first-order chi connectivity index (χ1) is 4.16. The van der Waals surface area contributed by atoms with Crippen molar-refractivity contribution >= 4 is 6.16 Å². The van der Waals surface area contributed by atoms with Crippen molar-refractivity contribution in [2.75, 3.05) is 0 Å². The highest BCUT2D eigenvalue weighted by Gasteiger charge is 1.98. The Morgan fingerprint density at radius 3 is 2.67 bits per heavy atom. The third kappa shape index (κ3) is 4.87. The lowest BCUT2D eigenvalue weighted by Crippen LogP contribution is -1.98. The zero-order valence-corrected chi connectivity index (χ0v) is 5.39. The van der Waals surface area contributed by atoms with Crippen LogP contribution in [-0.2, 0) is 4.74 Å². The summed E-state index contributed by atoms with van der Waals surface area (Å²) >= 11 is 0. The molecule has 52 valence electrons. The summed E-state index contributed by atoms with van der Waals surface area (Å²) in [5, 5.41) is 8.03. The minimum absolute atomic E-state index is 0.310. The van der Waals surface area contributed by atoms with Gasteiger partial charge < -0.3 is 9.84 Å². The van der Waals surface area contributed by atoms with E-state index in [1.165, 1.54) is 0 Å². The van der Waals surface area contributed by atoms with Gasteiger partial charge in [0.15, 0.2) is 0 Å². The molecular formula is C6H10O3. The highest BCUT2D eigenvalue weighted by atomic mass is 16.7. The van der Waals surface area contributed by atoms with Crippen LogP contribution in [0.25, 0.3) is 0 Å². The maximum atomic E-state index is 9.80. The van der Waals surface area contributed by atoms with Crippen LogP contribution in [0.4, 0.5) is 4.79 Å². The summed E-state index contributed by atoms with van der Waals surface area (Å²) in [6.07, 6.45) is 0.173. The summed E-state index contributed by atoms with van der Waals surface area (Å²) in [5.74, 6) is 0.310. The summed E-state index contributed by atoms with van der Waals surface area (Å²) in [6.45, 7) is 5.31. The van der Waals surface area contributed by atoms with Crippen LogP contribution in [0.3, 0.4) is 0 Å². The first-order valence-corrected chi connectivity index (χ1v) is 2.75. The average molecular weight is 130 g/mol. The molecule has 1 N–H and O–H groups in total. The molecule has 0 saturated heterocycles. The van der Waals surface area contributed by atoms with Crippen LogP contribution in [0, 0.1) is 0 Å². The smallest absolute Gasteiger partial charge is 0.449 e. The number of allylic oxidation sites excluding steroid dienone is 1. The van der Waals surface area contributed by atoms with Crippen LogP contribution < -0.4 is 0 Å². The summed E-state index contributed by atoms with van der Waals surface area (Å²) < 4.78 is 4.21. The summed E-state index contributed by atoms with van der Waals surface area (Å²) in [5.41, 5.74) is 0. The van der Waals surface area contributed by atoms with Gasteiger partial charge in [-0.05, 0) is 6.42 Å². The molecule has 3 nitrogen and oxygen atoms in total. The molecule has 0 saturated carbocycles. The van der Waals surface area contributed by atoms with Gasteiger partial charge in [0, 0.05) is 6.42 Å². The Labute approximate surface area is 53.9 Å². The van der Waals surface area contributed by atoms with Gasteiger partial charge in [-0.25, -0.2) is 4.79 Å². The third-order valence-electron chi connectivity index (χ3n) is 0.760. The highest BCUT2D eigenvalue weighted by molar-refractivity contribution is 5.58. The van der Waals surface area contributed by atoms with E-state index in [9.17, 15) is 4.79 Å². The molecule has 3 heteroatoms. The highest BCUT2D eigenvalue weighted by Crippen LogP contribution is 2.02. The zero-order valence-electron chi connectivity index (χ0n) is 5.39. The lowest BCUT2D eigenvalue weighted by molar-refractivity contribution is 0.116. The predicted octanol–water partition coefficient (Wildman–Crippen LogP) is 1.99. The Hall–Kier alpha value is -0.990. The molecule has 0 rings (SSSR count). The van der Waals surface area contributed by atoms with E-state index in [1.54, 1.807) is 0 Å². The molecule has 0 heterocycles. The molecule has 0 fully saturated rings. The third-order valence-corrected chi connectivity index (χ3v) is 0.760. The fourth-order valence-electron chi connectivity index (χ4n) is 0.453. The Morgan fingerprint density at radius 1 is 1.78 bits per heavy atom. The van der Waals surface area contributed by atoms with Gasteiger partial charge in [0.2, 0.25) is 0 Å². The fraction of sp³-hybridized carbons (Fsp3) is 0.500. The van der Waals surface area contributed by atoms with E-state index in [4.69, 9.17) is 5.11 Å². The lowest BCUT2D eigenvalue weighted by atomic mass is 10.3. The molecule has 0 spiro atoms. The van der Waals surface area contributed by atoms with Gasteiger partial charge in [-0.3, -0.25) is 0 Å². The van der Waals surface area contributed by atoms with E-state index in [-0.39, 0.29) is 0 Å². The van der Waals surface area contributed by atoms with Crippen LogP contribution in [0.2, 0.25) is 0 Å². The minimum Gasteiger partial charge on any atom is -0.449 e. The van der Waals surface area contributed by atoms with Gasteiger partial charge in [-0.1, -0.05) is 13.5 Å². The second-order valence-corrected chi connectivity index (χ2v) is 1.66. The van der Waals surface area contributed by atoms with Crippen molar-refractivity contribution < 1.29 is 14.6 Å². The molecule has 0 bridgehead atoms. The molecule has 0 aromatic carbocycles. The standard InChI is InChI=1S/C6H10O3/c1-3-4-5(2)9-6(7)8/h2-4H2,1H3,(H,7,8). The predicted molar refractivity (Wildman–Crippen MR) is 33.2 cm³/mol. The van der Waals surface area contributed by atoms with Crippen molar-refractivity contribution in [2.45, 2.75) is 19.8 Å². The summed E-state index contributed by atoms with van der Waals surface area (Å²) in [7, 11) is 0. The van der Waals surface area contributed by atoms with Gasteiger partial charge >= 0.3 is 6.16 Å². The topological polar surface area (TPSA) is 46.5 Å². The monoisotopic (exact) mass is 130 g/mol. The number of carbonyl (C=O) groups is 1. The molecule has 9 heavy (non-hydrogen) atoms. The van der Waals surface area contributed by atoms with Gasteiger partial charge in [0.1, 0.15) is 5.76 Å². The SMILES string of the molecule is C=C(CCC)OC(=O)O. The molecule has 0 aliphatic carbocycles. The largest absolute Gasteiger partial charge is 0.510 e. The molecule has 0 amide bonds. The molecule has 0 aliphatic rings. The first kappa shape index (κ1) is 8.01. The molecule has 0 atom stereocenters. The molecule has 0 aromatic heterocycles. The second-order valence-electron chi connectivity index (χ2n) is 1.66. The normalized spacial score (nSPS) is 8.56. The molecule has 0 aromatic rings. The summed E-state index contributed by atoms with van der Waals surface area (Å²) in [6, 6.07) is 0. The molecular weight excluding hydrogens is 120 g/mol. The number of carboxylic acid groups (broad SMARTS) is 1. The van der Waals surface area contributed by atoms with Crippen molar-refractivity contribution in [1.82, 2.24) is 0 Å². The van der Waals surface area contributed by atoms with E-state index in [0.29, 0.717) is 12.2 Å². The van der Waals surface area contributed by atoms with E-state index < -0.39 is 6.16 Å². The molecule has 0 aliphatic heterocycles. The average Bonchev–Trinajstić information content (AvgIpc) is 1.63. The van der Waals surface area contributed by atoms with Gasteiger partial charge in [-0.15, -0.1) is 0 Å². The number of hydrogen-bond donors (Lipinski definition) is 1. The van der Waals surface area contributed by atoms with Gasteiger partial charge in [-0.2, -0.15) is 0 Å². The Bertz CT molecular complexity index is 117. The maximum Gasteiger partial charge on any atom is 0.510 e. The lowest BCUT2D eigenvalue weighted by Gasteiger charge is -1.99. The minimum atomic E-state index is -1.28. The van der Waals surface area contributed by atoms with Crippen LogP contribution in [0.1, 0.15) is 19.8 Å². The Kier molecular flexibility index (Phi) is 3.51. The summed E-state index contributed by atoms with van der Waals surface area (Å²) in [4.78, 5) is 9.80. The zero-order chi connectivity index (χ0) is 7.28. The van der Waals surface area contributed by atoms with Gasteiger partial charge in [0.05, 0.1) is 0 Å². The molecule has 0 radical (unpaired) electrons. The van der Waals surface area contributed by atoms with E-state index in [2.05, 4.69) is 11.3 Å². The number of hydrogen-bond acceptors (Lipinski definition) is 2. The number of ether oxygens (including phenoxy) is 1. The van der Waals surface area contributed by atoms with Crippen LogP contribution >= 0.6 is 0 Å². The quantitative estimate of drug-likeness (QED) is 0.469. The second kappa shape index (κ2) is 3.95. The van der Waals surface area contributed by atoms with E-state index >= 15 is 0 Å². The van der Waals surface area contributed by atoms with Crippen molar-refractivity contribution in [3.8, 4) is 0 Å². The molecule has 0 unspecified atom stereocenters. The Morgan fingerprint density at radius 2 is 2.33 bits per heavy atom. The van der Waals surface area contributed by atoms with E-state index in [1.807, 2.05) is 6.92 Å². The van der Waals surface area contributed by atoms with Crippen molar-refractivity contribution in [2.24, 2.45) is 0 Å².